The van der Waals surface area contributed by atoms with Crippen molar-refractivity contribution >= 4 is 11.9 Å². The van der Waals surface area contributed by atoms with Crippen molar-refractivity contribution in [1.29, 1.82) is 0 Å². The van der Waals surface area contributed by atoms with Crippen molar-refractivity contribution in [3.63, 3.8) is 0 Å². The van der Waals surface area contributed by atoms with E-state index in [9.17, 15) is 9.59 Å². The molecule has 1 atom stereocenters. The van der Waals surface area contributed by atoms with Crippen LogP contribution in [-0.4, -0.2) is 23.0 Å². The Kier molecular flexibility index (Phi) is 9.40. The normalized spacial score (nSPS) is 11.3. The molecule has 14 heavy (non-hydrogen) atoms. The van der Waals surface area contributed by atoms with Crippen LogP contribution in [0.3, 0.4) is 0 Å². The highest BCUT2D eigenvalue weighted by molar-refractivity contribution is 5.83. The molecule has 0 aliphatic heterocycles. The molecule has 0 aliphatic carbocycles. The zero-order valence-corrected chi connectivity index (χ0v) is 9.63. The van der Waals surface area contributed by atoms with Crippen LogP contribution >= 0.6 is 0 Å². The smallest absolute Gasteiger partial charge is 0.326 e. The topological polar surface area (TPSA) is 66.4 Å². The van der Waals surface area contributed by atoms with Crippen molar-refractivity contribution < 1.29 is 14.7 Å². The van der Waals surface area contributed by atoms with Crippen molar-refractivity contribution in [1.82, 2.24) is 5.32 Å². The second-order valence-corrected chi connectivity index (χ2v) is 2.98. The van der Waals surface area contributed by atoms with Crippen LogP contribution in [0.5, 0.6) is 0 Å². The maximum absolute atomic E-state index is 10.9. The fraction of sp³-hybridized carbons (Fsp3) is 0.800. The molecule has 0 saturated carbocycles. The number of hydrogen-bond donors (Lipinski definition) is 2. The number of carboxylic acid groups (broad SMARTS) is 1. The monoisotopic (exact) mass is 203 g/mol. The van der Waals surface area contributed by atoms with Crippen molar-refractivity contribution in [2.75, 3.05) is 0 Å². The average Bonchev–Trinajstić information content (AvgIpc) is 2.15. The first-order chi connectivity index (χ1) is 6.49. The fourth-order valence-corrected chi connectivity index (χ4v) is 0.789. The molecule has 0 radical (unpaired) electrons. The lowest BCUT2D eigenvalue weighted by molar-refractivity contribution is -0.143. The molecule has 0 aromatic rings. The van der Waals surface area contributed by atoms with Crippen LogP contribution in [0, 0.1) is 5.92 Å². The molecular weight excluding hydrogens is 182 g/mol. The number of amides is 1. The quantitative estimate of drug-likeness (QED) is 0.730. The van der Waals surface area contributed by atoms with Crippen LogP contribution in [-0.2, 0) is 9.59 Å². The summed E-state index contributed by atoms with van der Waals surface area (Å²) in [5.41, 5.74) is 0. The Balaban J connectivity index is 0. The summed E-state index contributed by atoms with van der Waals surface area (Å²) in [4.78, 5) is 21.4. The fourth-order valence-electron chi connectivity index (χ4n) is 0.789. The lowest BCUT2D eigenvalue weighted by Crippen LogP contribution is -2.44. The summed E-state index contributed by atoms with van der Waals surface area (Å²) in [6, 6.07) is -0.766. The summed E-state index contributed by atoms with van der Waals surface area (Å²) >= 11 is 0. The van der Waals surface area contributed by atoms with E-state index in [1.807, 2.05) is 13.8 Å². The minimum Gasteiger partial charge on any atom is -0.480 e. The molecule has 1 amide bonds. The van der Waals surface area contributed by atoms with E-state index in [4.69, 9.17) is 5.11 Å². The summed E-state index contributed by atoms with van der Waals surface area (Å²) in [6.07, 6.45) is 0.316. The largest absolute Gasteiger partial charge is 0.480 e. The second kappa shape index (κ2) is 8.53. The number of aliphatic carboxylic acids is 1. The third-order valence-electron chi connectivity index (χ3n) is 1.57. The van der Waals surface area contributed by atoms with Gasteiger partial charge in [-0.1, -0.05) is 34.6 Å². The molecule has 84 valence electrons. The van der Waals surface area contributed by atoms with Gasteiger partial charge in [-0.25, -0.2) is 4.79 Å². The van der Waals surface area contributed by atoms with Gasteiger partial charge in [-0.3, -0.25) is 4.79 Å². The first kappa shape index (κ1) is 15.4. The van der Waals surface area contributed by atoms with Gasteiger partial charge in [0, 0.05) is 6.42 Å². The van der Waals surface area contributed by atoms with Gasteiger partial charge in [0.2, 0.25) is 5.91 Å². The molecule has 0 spiro atoms. The molecule has 0 heterocycles. The van der Waals surface area contributed by atoms with E-state index in [0.29, 0.717) is 6.42 Å². The van der Waals surface area contributed by atoms with Gasteiger partial charge in [0.1, 0.15) is 6.04 Å². The zero-order chi connectivity index (χ0) is 11.7. The van der Waals surface area contributed by atoms with Crippen LogP contribution < -0.4 is 5.32 Å². The lowest BCUT2D eigenvalue weighted by atomic mass is 10.0. The maximum Gasteiger partial charge on any atom is 0.326 e. The van der Waals surface area contributed by atoms with Crippen molar-refractivity contribution in [2.45, 2.75) is 47.1 Å². The highest BCUT2D eigenvalue weighted by Crippen LogP contribution is 2.01. The first-order valence-electron chi connectivity index (χ1n) is 5.01. The van der Waals surface area contributed by atoms with E-state index >= 15 is 0 Å². The number of nitrogens with one attached hydrogen (secondary N) is 1. The van der Waals surface area contributed by atoms with Crippen molar-refractivity contribution in [3.8, 4) is 0 Å². The van der Waals surface area contributed by atoms with Crippen LogP contribution in [0.1, 0.15) is 41.0 Å². The molecule has 0 aromatic carbocycles. The Morgan fingerprint density at radius 3 is 1.93 bits per heavy atom. The zero-order valence-electron chi connectivity index (χ0n) is 9.63. The van der Waals surface area contributed by atoms with E-state index in [1.165, 1.54) is 0 Å². The van der Waals surface area contributed by atoms with Crippen LogP contribution in [0.15, 0.2) is 0 Å². The lowest BCUT2D eigenvalue weighted by Gasteiger charge is -2.17. The Labute approximate surface area is 85.7 Å². The summed E-state index contributed by atoms with van der Waals surface area (Å²) < 4.78 is 0. The molecule has 0 saturated heterocycles. The van der Waals surface area contributed by atoms with Gasteiger partial charge in [0.25, 0.3) is 0 Å². The molecule has 0 aromatic heterocycles. The molecule has 4 nitrogen and oxygen atoms in total. The summed E-state index contributed by atoms with van der Waals surface area (Å²) in [5, 5.41) is 11.1. The Bertz CT molecular complexity index is 178. The second-order valence-electron chi connectivity index (χ2n) is 2.98. The van der Waals surface area contributed by atoms with Gasteiger partial charge in [0.15, 0.2) is 0 Å². The minimum atomic E-state index is -0.980. The van der Waals surface area contributed by atoms with Crippen LogP contribution in [0.2, 0.25) is 0 Å². The third kappa shape index (κ3) is 6.46. The Morgan fingerprint density at radius 2 is 1.71 bits per heavy atom. The molecule has 0 fully saturated rings. The van der Waals surface area contributed by atoms with Gasteiger partial charge in [-0.05, 0) is 5.92 Å². The average molecular weight is 203 g/mol. The molecule has 0 bridgehead atoms. The maximum atomic E-state index is 10.9. The third-order valence-corrected chi connectivity index (χ3v) is 1.57. The Morgan fingerprint density at radius 1 is 1.29 bits per heavy atom. The van der Waals surface area contributed by atoms with Gasteiger partial charge >= 0.3 is 5.97 Å². The highest BCUT2D eigenvalue weighted by Gasteiger charge is 2.22. The SMILES string of the molecule is CC.CCC(=O)NC(C(=O)O)C(C)C. The minimum absolute atomic E-state index is 0.0852. The van der Waals surface area contributed by atoms with Gasteiger partial charge in [-0.15, -0.1) is 0 Å². The van der Waals surface area contributed by atoms with E-state index in [2.05, 4.69) is 5.32 Å². The standard InChI is InChI=1S/C8H15NO3.C2H6/c1-4-6(10)9-7(5(2)3)8(11)12;1-2/h5,7H,4H2,1-3H3,(H,9,10)(H,11,12);1-2H3. The molecular formula is C10H21NO3. The molecule has 0 rings (SSSR count). The summed E-state index contributed by atoms with van der Waals surface area (Å²) in [6.45, 7) is 9.21. The van der Waals surface area contributed by atoms with E-state index in [0.717, 1.165) is 0 Å². The predicted octanol–water partition coefficient (Wildman–Crippen LogP) is 1.65. The predicted molar refractivity (Wildman–Crippen MR) is 56.0 cm³/mol. The Hall–Kier alpha value is -1.06. The van der Waals surface area contributed by atoms with Gasteiger partial charge in [0.05, 0.1) is 0 Å². The number of carbonyl (C=O) groups is 2. The van der Waals surface area contributed by atoms with Crippen molar-refractivity contribution in [2.24, 2.45) is 5.92 Å². The van der Waals surface area contributed by atoms with E-state index in [-0.39, 0.29) is 11.8 Å². The van der Waals surface area contributed by atoms with Crippen molar-refractivity contribution in [3.05, 3.63) is 0 Å². The molecule has 2 N–H and O–H groups in total. The van der Waals surface area contributed by atoms with Crippen LogP contribution in [0.25, 0.3) is 0 Å². The van der Waals surface area contributed by atoms with E-state index in [1.54, 1.807) is 20.8 Å². The molecule has 4 heteroatoms. The number of carboxylic acids is 1. The summed E-state index contributed by atoms with van der Waals surface area (Å²) in [5.74, 6) is -1.29. The van der Waals surface area contributed by atoms with Gasteiger partial charge in [-0.2, -0.15) is 0 Å². The van der Waals surface area contributed by atoms with Crippen LogP contribution in [0.4, 0.5) is 0 Å². The molecule has 1 unspecified atom stereocenters. The molecule has 0 aliphatic rings. The van der Waals surface area contributed by atoms with E-state index < -0.39 is 12.0 Å². The number of rotatable bonds is 4. The van der Waals surface area contributed by atoms with Gasteiger partial charge < -0.3 is 10.4 Å². The first-order valence-corrected chi connectivity index (χ1v) is 5.01. The number of hydrogen-bond acceptors (Lipinski definition) is 2. The number of carbonyl (C=O) groups excluding carboxylic acids is 1. The highest BCUT2D eigenvalue weighted by atomic mass is 16.4. The summed E-state index contributed by atoms with van der Waals surface area (Å²) in [7, 11) is 0.